The molecule has 0 aliphatic carbocycles. The molecule has 0 aliphatic rings. The van der Waals surface area contributed by atoms with Gasteiger partial charge in [0.1, 0.15) is 5.01 Å². The van der Waals surface area contributed by atoms with Gasteiger partial charge in [-0.05, 0) is 12.8 Å². The van der Waals surface area contributed by atoms with Crippen molar-refractivity contribution in [3.05, 3.63) is 40.4 Å². The van der Waals surface area contributed by atoms with Crippen LogP contribution in [-0.2, 0) is 6.54 Å². The molecule has 0 saturated carbocycles. The number of nitrogens with two attached hydrogens (primary N) is 1. The van der Waals surface area contributed by atoms with Crippen LogP contribution in [0, 0.1) is 6.92 Å². The van der Waals surface area contributed by atoms with Crippen molar-refractivity contribution < 1.29 is 0 Å². The first kappa shape index (κ1) is 12.3. The molecule has 0 aliphatic heterocycles. The molecule has 1 heterocycles. The van der Waals surface area contributed by atoms with E-state index in [9.17, 15) is 0 Å². The van der Waals surface area contributed by atoms with Crippen LogP contribution in [0.5, 0.6) is 0 Å². The molecule has 0 spiro atoms. The van der Waals surface area contributed by atoms with Gasteiger partial charge in [-0.1, -0.05) is 43.7 Å². The molecule has 0 radical (unpaired) electrons. The minimum absolute atomic E-state index is 0.434. The van der Waals surface area contributed by atoms with E-state index < -0.39 is 0 Å². The molecule has 2 nitrogen and oxygen atoms in total. The Balaban J connectivity index is 2.42. The van der Waals surface area contributed by atoms with Crippen molar-refractivity contribution >= 4 is 11.3 Å². The summed E-state index contributed by atoms with van der Waals surface area (Å²) in [5.74, 6) is 0.434. The molecule has 2 aromatic rings. The Kier molecular flexibility index (Phi) is 3.60. The lowest BCUT2D eigenvalue weighted by atomic mass is 10.1. The predicted octanol–water partition coefficient (Wildman–Crippen LogP) is 3.70. The molecule has 2 N–H and O–H groups in total. The van der Waals surface area contributed by atoms with Gasteiger partial charge in [0, 0.05) is 17.0 Å². The van der Waals surface area contributed by atoms with Gasteiger partial charge >= 0.3 is 0 Å². The first-order chi connectivity index (χ1) is 8.11. The number of nitrogens with zero attached hydrogens (tertiary/aromatic N) is 1. The minimum Gasteiger partial charge on any atom is -0.326 e. The van der Waals surface area contributed by atoms with Crippen LogP contribution in [0.2, 0.25) is 0 Å². The fourth-order valence-electron chi connectivity index (χ4n) is 1.78. The number of hydrogen-bond donors (Lipinski definition) is 1. The van der Waals surface area contributed by atoms with E-state index in [4.69, 9.17) is 10.7 Å². The fraction of sp³-hybridized carbons (Fsp3) is 0.357. The van der Waals surface area contributed by atoms with E-state index in [1.807, 2.05) is 0 Å². The topological polar surface area (TPSA) is 38.9 Å². The fourth-order valence-corrected chi connectivity index (χ4v) is 2.88. The van der Waals surface area contributed by atoms with Crippen molar-refractivity contribution in [2.75, 3.05) is 0 Å². The van der Waals surface area contributed by atoms with Crippen LogP contribution in [0.15, 0.2) is 24.3 Å². The summed E-state index contributed by atoms with van der Waals surface area (Å²) < 4.78 is 0. The minimum atomic E-state index is 0.434. The largest absolute Gasteiger partial charge is 0.326 e. The van der Waals surface area contributed by atoms with E-state index in [0.717, 1.165) is 10.7 Å². The second-order valence-corrected chi connectivity index (χ2v) is 5.64. The maximum absolute atomic E-state index is 5.77. The van der Waals surface area contributed by atoms with Crippen molar-refractivity contribution in [1.82, 2.24) is 4.98 Å². The molecule has 0 fully saturated rings. The highest BCUT2D eigenvalue weighted by molar-refractivity contribution is 7.15. The third-order valence-corrected chi connectivity index (χ3v) is 3.90. The Labute approximate surface area is 107 Å². The van der Waals surface area contributed by atoms with Gasteiger partial charge < -0.3 is 5.73 Å². The summed E-state index contributed by atoms with van der Waals surface area (Å²) in [7, 11) is 0. The Morgan fingerprint density at radius 1 is 1.24 bits per heavy atom. The van der Waals surface area contributed by atoms with Gasteiger partial charge in [0.05, 0.1) is 5.69 Å². The quantitative estimate of drug-likeness (QED) is 0.896. The monoisotopic (exact) mass is 246 g/mol. The molecule has 90 valence electrons. The number of aromatic nitrogens is 1. The molecule has 2 rings (SSSR count). The molecule has 0 amide bonds. The first-order valence-electron chi connectivity index (χ1n) is 5.88. The van der Waals surface area contributed by atoms with Gasteiger partial charge in [-0.25, -0.2) is 4.98 Å². The number of aryl methyl sites for hydroxylation is 1. The Hall–Kier alpha value is -1.19. The average Bonchev–Trinajstić information content (AvgIpc) is 2.74. The van der Waals surface area contributed by atoms with Crippen LogP contribution < -0.4 is 5.73 Å². The Morgan fingerprint density at radius 2 is 1.88 bits per heavy atom. The maximum atomic E-state index is 5.77. The summed E-state index contributed by atoms with van der Waals surface area (Å²) in [6.07, 6.45) is 0. The normalized spacial score (nSPS) is 11.1. The molecular weight excluding hydrogens is 228 g/mol. The SMILES string of the molecule is Cc1ccc(-c2nc(C(C)C)c(CN)s2)cc1. The second-order valence-electron chi connectivity index (χ2n) is 4.55. The number of thiazole rings is 1. The summed E-state index contributed by atoms with van der Waals surface area (Å²) in [5.41, 5.74) is 9.38. The summed E-state index contributed by atoms with van der Waals surface area (Å²) in [4.78, 5) is 5.92. The van der Waals surface area contributed by atoms with Crippen LogP contribution in [-0.4, -0.2) is 4.98 Å². The van der Waals surface area contributed by atoms with E-state index in [1.54, 1.807) is 11.3 Å². The Bertz CT molecular complexity index is 497. The molecule has 0 atom stereocenters. The van der Waals surface area contributed by atoms with Crippen LogP contribution in [0.25, 0.3) is 10.6 Å². The zero-order valence-corrected chi connectivity index (χ0v) is 11.3. The van der Waals surface area contributed by atoms with Crippen molar-refractivity contribution in [3.8, 4) is 10.6 Å². The maximum Gasteiger partial charge on any atom is 0.123 e. The standard InChI is InChI=1S/C14H18N2S/c1-9(2)13-12(8-15)17-14(16-13)11-6-4-10(3)5-7-11/h4-7,9H,8,15H2,1-3H3. The van der Waals surface area contributed by atoms with E-state index in [0.29, 0.717) is 12.5 Å². The van der Waals surface area contributed by atoms with Gasteiger partial charge in [-0.3, -0.25) is 0 Å². The zero-order chi connectivity index (χ0) is 12.4. The molecule has 3 heteroatoms. The third kappa shape index (κ3) is 2.56. The lowest BCUT2D eigenvalue weighted by molar-refractivity contribution is 0.814. The highest BCUT2D eigenvalue weighted by Crippen LogP contribution is 2.31. The van der Waals surface area contributed by atoms with Crippen molar-refractivity contribution in [2.24, 2.45) is 5.73 Å². The van der Waals surface area contributed by atoms with E-state index in [2.05, 4.69) is 45.0 Å². The van der Waals surface area contributed by atoms with E-state index in [1.165, 1.54) is 16.0 Å². The van der Waals surface area contributed by atoms with Gasteiger partial charge in [0.2, 0.25) is 0 Å². The van der Waals surface area contributed by atoms with Crippen LogP contribution >= 0.6 is 11.3 Å². The van der Waals surface area contributed by atoms with Crippen molar-refractivity contribution in [1.29, 1.82) is 0 Å². The highest BCUT2D eigenvalue weighted by atomic mass is 32.1. The Morgan fingerprint density at radius 3 is 2.35 bits per heavy atom. The number of hydrogen-bond acceptors (Lipinski definition) is 3. The van der Waals surface area contributed by atoms with Crippen molar-refractivity contribution in [3.63, 3.8) is 0 Å². The predicted molar refractivity (Wildman–Crippen MR) is 74.3 cm³/mol. The van der Waals surface area contributed by atoms with Crippen LogP contribution in [0.3, 0.4) is 0 Å². The second kappa shape index (κ2) is 4.98. The smallest absolute Gasteiger partial charge is 0.123 e. The highest BCUT2D eigenvalue weighted by Gasteiger charge is 2.13. The van der Waals surface area contributed by atoms with Crippen molar-refractivity contribution in [2.45, 2.75) is 33.2 Å². The molecule has 1 aromatic carbocycles. The van der Waals surface area contributed by atoms with Gasteiger partial charge in [-0.2, -0.15) is 0 Å². The zero-order valence-electron chi connectivity index (χ0n) is 10.5. The molecule has 0 saturated heterocycles. The summed E-state index contributed by atoms with van der Waals surface area (Å²) >= 11 is 1.71. The van der Waals surface area contributed by atoms with Crippen LogP contribution in [0.1, 0.15) is 35.9 Å². The van der Waals surface area contributed by atoms with Gasteiger partial charge in [0.25, 0.3) is 0 Å². The molecule has 1 aromatic heterocycles. The summed E-state index contributed by atoms with van der Waals surface area (Å²) in [6, 6.07) is 8.49. The number of benzene rings is 1. The summed E-state index contributed by atoms with van der Waals surface area (Å²) in [5, 5.41) is 1.08. The average molecular weight is 246 g/mol. The molecule has 17 heavy (non-hydrogen) atoms. The van der Waals surface area contributed by atoms with E-state index >= 15 is 0 Å². The third-order valence-electron chi connectivity index (χ3n) is 2.76. The number of rotatable bonds is 3. The van der Waals surface area contributed by atoms with Gasteiger partial charge in [-0.15, -0.1) is 11.3 Å². The lowest BCUT2D eigenvalue weighted by Gasteiger charge is -2.01. The molecule has 0 bridgehead atoms. The lowest BCUT2D eigenvalue weighted by Crippen LogP contribution is -1.99. The first-order valence-corrected chi connectivity index (χ1v) is 6.70. The van der Waals surface area contributed by atoms with E-state index in [-0.39, 0.29) is 0 Å². The van der Waals surface area contributed by atoms with Gasteiger partial charge in [0.15, 0.2) is 0 Å². The molecule has 0 unspecified atom stereocenters. The summed E-state index contributed by atoms with van der Waals surface area (Å²) in [6.45, 7) is 6.99. The van der Waals surface area contributed by atoms with Crippen LogP contribution in [0.4, 0.5) is 0 Å². The molecular formula is C14H18N2S.